The summed E-state index contributed by atoms with van der Waals surface area (Å²) in [6.45, 7) is 6.65. The maximum Gasteiger partial charge on any atom is 0.0760 e. The number of rotatable bonds is 2. The van der Waals surface area contributed by atoms with E-state index in [-0.39, 0.29) is 0 Å². The largest absolute Gasteiger partial charge is 0.130 e. The van der Waals surface area contributed by atoms with Crippen molar-refractivity contribution in [1.82, 2.24) is 0 Å². The van der Waals surface area contributed by atoms with Crippen molar-refractivity contribution in [1.29, 1.82) is 0 Å². The fourth-order valence-electron chi connectivity index (χ4n) is 0.504. The van der Waals surface area contributed by atoms with Crippen LogP contribution in [0.2, 0.25) is 5.04 Å². The highest BCUT2D eigenvalue weighted by Gasteiger charge is 2.23. The molecule has 0 spiro atoms. The quantitative estimate of drug-likeness (QED) is 0.458. The van der Waals surface area contributed by atoms with Crippen LogP contribution in [0.3, 0.4) is 0 Å². The van der Waals surface area contributed by atoms with Gasteiger partial charge in [0.1, 0.15) is 0 Å². The molecule has 0 aromatic heterocycles. The zero-order chi connectivity index (χ0) is 7.49. The van der Waals surface area contributed by atoms with E-state index < -0.39 is 8.80 Å². The average Bonchev–Trinajstić information content (AvgIpc) is 1.65. The second-order valence-electron chi connectivity index (χ2n) is 3.37. The molecular weight excluding hydrogens is 171 g/mol. The van der Waals surface area contributed by atoms with Crippen LogP contribution in [0.4, 0.5) is 0 Å². The maximum absolute atomic E-state index is 5.73. The van der Waals surface area contributed by atoms with Gasteiger partial charge < -0.3 is 0 Å². The van der Waals surface area contributed by atoms with Gasteiger partial charge in [0.2, 0.25) is 0 Å². The molecule has 0 heterocycles. The highest BCUT2D eigenvalue weighted by Crippen LogP contribution is 2.27. The SMILES string of the molecule is CC(C)(C)[SiH](CCl)CCl. The van der Waals surface area contributed by atoms with Crippen molar-refractivity contribution in [3.8, 4) is 0 Å². The minimum absolute atomic E-state index is 0.392. The van der Waals surface area contributed by atoms with Crippen molar-refractivity contribution in [3.63, 3.8) is 0 Å². The van der Waals surface area contributed by atoms with E-state index in [4.69, 9.17) is 23.2 Å². The van der Waals surface area contributed by atoms with Crippen molar-refractivity contribution in [2.24, 2.45) is 0 Å². The van der Waals surface area contributed by atoms with Crippen LogP contribution < -0.4 is 0 Å². The van der Waals surface area contributed by atoms with E-state index in [0.29, 0.717) is 5.04 Å². The molecule has 3 heteroatoms. The van der Waals surface area contributed by atoms with Gasteiger partial charge in [0.05, 0.1) is 8.80 Å². The molecule has 0 aliphatic carbocycles. The summed E-state index contributed by atoms with van der Waals surface area (Å²) in [7, 11) is -0.850. The van der Waals surface area contributed by atoms with Crippen LogP contribution >= 0.6 is 23.2 Å². The van der Waals surface area contributed by atoms with Gasteiger partial charge in [-0.05, 0) is 5.04 Å². The third-order valence-corrected chi connectivity index (χ3v) is 7.03. The summed E-state index contributed by atoms with van der Waals surface area (Å²) in [4.78, 5) is 0. The van der Waals surface area contributed by atoms with Gasteiger partial charge in [0.15, 0.2) is 0 Å². The van der Waals surface area contributed by atoms with Crippen molar-refractivity contribution >= 4 is 32.0 Å². The predicted octanol–water partition coefficient (Wildman–Crippen LogP) is 2.57. The summed E-state index contributed by atoms with van der Waals surface area (Å²) in [5.74, 6) is 0. The van der Waals surface area contributed by atoms with Crippen molar-refractivity contribution < 1.29 is 0 Å². The first-order valence-corrected chi connectivity index (χ1v) is 6.42. The van der Waals surface area contributed by atoms with E-state index in [9.17, 15) is 0 Å². The normalized spacial score (nSPS) is 12.7. The molecule has 0 aromatic rings. The molecule has 0 aromatic carbocycles. The first kappa shape index (κ1) is 9.80. The summed E-state index contributed by atoms with van der Waals surface area (Å²) in [6, 6.07) is 0. The lowest BCUT2D eigenvalue weighted by atomic mass is 10.2. The van der Waals surface area contributed by atoms with Gasteiger partial charge in [-0.15, -0.1) is 23.2 Å². The molecule has 0 bridgehead atoms. The van der Waals surface area contributed by atoms with Crippen LogP contribution in [-0.2, 0) is 0 Å². The number of halogens is 2. The first-order chi connectivity index (χ1) is 4.02. The van der Waals surface area contributed by atoms with E-state index in [1.165, 1.54) is 0 Å². The fourth-order valence-corrected chi connectivity index (χ4v) is 5.28. The lowest BCUT2D eigenvalue weighted by molar-refractivity contribution is 0.739. The summed E-state index contributed by atoms with van der Waals surface area (Å²) in [6.07, 6.45) is 0. The molecule has 9 heavy (non-hydrogen) atoms. The second-order valence-corrected chi connectivity index (χ2v) is 8.97. The maximum atomic E-state index is 5.73. The molecule has 0 aliphatic heterocycles. The Balaban J connectivity index is 3.79. The molecule has 0 rings (SSSR count). The predicted molar refractivity (Wildman–Crippen MR) is 48.3 cm³/mol. The Morgan fingerprint density at radius 2 is 1.44 bits per heavy atom. The van der Waals surface area contributed by atoms with E-state index in [2.05, 4.69) is 20.8 Å². The molecule has 56 valence electrons. The standard InChI is InChI=1S/C6H14Cl2Si/c1-6(2,3)9(4-7)5-8/h9H,4-5H2,1-3H3. The summed E-state index contributed by atoms with van der Waals surface area (Å²) in [5.41, 5.74) is 1.60. The Labute approximate surface area is 69.1 Å². The lowest BCUT2D eigenvalue weighted by Crippen LogP contribution is -2.30. The van der Waals surface area contributed by atoms with Crippen LogP contribution in [0.5, 0.6) is 0 Å². The van der Waals surface area contributed by atoms with E-state index >= 15 is 0 Å². The zero-order valence-corrected chi connectivity index (χ0v) is 8.91. The van der Waals surface area contributed by atoms with Gasteiger partial charge in [-0.2, -0.15) is 0 Å². The van der Waals surface area contributed by atoms with Gasteiger partial charge in [-0.3, -0.25) is 0 Å². The molecule has 0 aliphatic rings. The molecule has 0 radical (unpaired) electrons. The lowest BCUT2D eigenvalue weighted by Gasteiger charge is -2.25. The van der Waals surface area contributed by atoms with Gasteiger partial charge >= 0.3 is 0 Å². The van der Waals surface area contributed by atoms with Crippen LogP contribution in [-0.4, -0.2) is 19.8 Å². The Hall–Kier alpha value is 0.797. The van der Waals surface area contributed by atoms with Crippen LogP contribution in [0.15, 0.2) is 0 Å². The molecule has 0 atom stereocenters. The smallest absolute Gasteiger partial charge is 0.0760 e. The number of hydrogen-bond acceptors (Lipinski definition) is 0. The molecule has 0 nitrogen and oxygen atoms in total. The molecule has 0 N–H and O–H groups in total. The van der Waals surface area contributed by atoms with E-state index in [0.717, 1.165) is 11.0 Å². The summed E-state index contributed by atoms with van der Waals surface area (Å²) < 4.78 is 0. The minimum atomic E-state index is -0.850. The molecule has 0 saturated carbocycles. The Morgan fingerprint density at radius 1 is 1.11 bits per heavy atom. The summed E-state index contributed by atoms with van der Waals surface area (Å²) in [5, 5.41) is 0.392. The highest BCUT2D eigenvalue weighted by molar-refractivity contribution is 6.75. The van der Waals surface area contributed by atoms with Crippen LogP contribution in [0.1, 0.15) is 20.8 Å². The van der Waals surface area contributed by atoms with Gasteiger partial charge in [-0.25, -0.2) is 0 Å². The fraction of sp³-hybridized carbons (Fsp3) is 1.00. The van der Waals surface area contributed by atoms with Crippen molar-refractivity contribution in [2.75, 3.05) is 11.0 Å². The van der Waals surface area contributed by atoms with Gasteiger partial charge in [0.25, 0.3) is 0 Å². The summed E-state index contributed by atoms with van der Waals surface area (Å²) >= 11 is 11.5. The molecule has 0 unspecified atom stereocenters. The third-order valence-electron chi connectivity index (χ3n) is 1.60. The molecule has 0 saturated heterocycles. The van der Waals surface area contributed by atoms with Crippen molar-refractivity contribution in [3.05, 3.63) is 0 Å². The average molecular weight is 185 g/mol. The Morgan fingerprint density at radius 3 is 1.44 bits per heavy atom. The number of alkyl halides is 2. The zero-order valence-electron chi connectivity index (χ0n) is 6.25. The van der Waals surface area contributed by atoms with Crippen molar-refractivity contribution in [2.45, 2.75) is 25.8 Å². The third kappa shape index (κ3) is 3.49. The van der Waals surface area contributed by atoms with E-state index in [1.807, 2.05) is 0 Å². The van der Waals surface area contributed by atoms with Crippen LogP contribution in [0, 0.1) is 0 Å². The highest BCUT2D eigenvalue weighted by atomic mass is 35.5. The topological polar surface area (TPSA) is 0 Å². The first-order valence-electron chi connectivity index (χ1n) is 3.14. The second kappa shape index (κ2) is 3.84. The molecule has 0 amide bonds. The minimum Gasteiger partial charge on any atom is -0.130 e. The van der Waals surface area contributed by atoms with Gasteiger partial charge in [0, 0.05) is 11.0 Å². The Kier molecular flexibility index (Phi) is 4.18. The van der Waals surface area contributed by atoms with E-state index in [1.54, 1.807) is 0 Å². The van der Waals surface area contributed by atoms with Gasteiger partial charge in [-0.1, -0.05) is 20.8 Å². The molecule has 0 fully saturated rings. The number of hydrogen-bond donors (Lipinski definition) is 0. The monoisotopic (exact) mass is 184 g/mol. The van der Waals surface area contributed by atoms with Crippen LogP contribution in [0.25, 0.3) is 0 Å². The molecular formula is C6H14Cl2Si. The Bertz CT molecular complexity index is 73.6.